The fraction of sp³-hybridized carbons (Fsp3) is 0.118. The van der Waals surface area contributed by atoms with Crippen LogP contribution in [-0.2, 0) is 5.60 Å². The Labute approximate surface area is 116 Å². The Balaban J connectivity index is 2.20. The lowest BCUT2D eigenvalue weighted by molar-refractivity contribution is 0.0988. The first-order valence-corrected chi connectivity index (χ1v) is 6.42. The van der Waals surface area contributed by atoms with Crippen LogP contribution in [0.5, 0.6) is 0 Å². The minimum absolute atomic E-state index is 0.414. The predicted molar refractivity (Wildman–Crippen MR) is 76.8 cm³/mol. The number of halogens is 1. The van der Waals surface area contributed by atoms with Crippen LogP contribution in [0.2, 0.25) is 0 Å². The van der Waals surface area contributed by atoms with Gasteiger partial charge in [0, 0.05) is 0 Å². The number of hydrogen-bond acceptors (Lipinski definition) is 2. The summed E-state index contributed by atoms with van der Waals surface area (Å²) in [6.45, 7) is 1.68. The average Bonchev–Trinajstić information content (AvgIpc) is 2.47. The molecule has 20 heavy (non-hydrogen) atoms. The van der Waals surface area contributed by atoms with E-state index in [1.807, 2.05) is 42.5 Å². The molecule has 3 heteroatoms. The summed E-state index contributed by atoms with van der Waals surface area (Å²) in [5, 5.41) is 12.9. The summed E-state index contributed by atoms with van der Waals surface area (Å²) in [7, 11) is 0. The van der Waals surface area contributed by atoms with Crippen molar-refractivity contribution in [2.24, 2.45) is 0 Å². The van der Waals surface area contributed by atoms with Crippen LogP contribution >= 0.6 is 0 Å². The maximum absolute atomic E-state index is 13.0. The summed E-state index contributed by atoms with van der Waals surface area (Å²) < 4.78 is 13.0. The summed E-state index contributed by atoms with van der Waals surface area (Å²) in [6, 6.07) is 16.4. The van der Waals surface area contributed by atoms with Crippen LogP contribution in [0.25, 0.3) is 10.8 Å². The second-order valence-corrected chi connectivity index (χ2v) is 4.96. The molecule has 3 rings (SSSR count). The summed E-state index contributed by atoms with van der Waals surface area (Å²) >= 11 is 0. The van der Waals surface area contributed by atoms with Gasteiger partial charge in [-0.25, -0.2) is 4.39 Å². The summed E-state index contributed by atoms with van der Waals surface area (Å²) in [5.74, 6) is -0.414. The fourth-order valence-electron chi connectivity index (χ4n) is 2.45. The largest absolute Gasteiger partial charge is 0.379 e. The Kier molecular flexibility index (Phi) is 2.99. The van der Waals surface area contributed by atoms with Crippen molar-refractivity contribution in [2.45, 2.75) is 12.5 Å². The first-order chi connectivity index (χ1) is 9.59. The SMILES string of the molecule is CC(O)(c1ccc(F)cn1)c1cccc2ccccc12. The lowest BCUT2D eigenvalue weighted by Gasteiger charge is -2.25. The van der Waals surface area contributed by atoms with Gasteiger partial charge in [-0.2, -0.15) is 0 Å². The highest BCUT2D eigenvalue weighted by Gasteiger charge is 2.28. The van der Waals surface area contributed by atoms with E-state index in [1.165, 1.54) is 12.1 Å². The van der Waals surface area contributed by atoms with Gasteiger partial charge in [-0.05, 0) is 35.4 Å². The van der Waals surface area contributed by atoms with Gasteiger partial charge in [0.2, 0.25) is 0 Å². The van der Waals surface area contributed by atoms with E-state index in [4.69, 9.17) is 0 Å². The Morgan fingerprint density at radius 1 is 1.00 bits per heavy atom. The van der Waals surface area contributed by atoms with Crippen molar-refractivity contribution >= 4 is 10.8 Å². The number of rotatable bonds is 2. The molecule has 100 valence electrons. The number of aliphatic hydroxyl groups is 1. The molecule has 1 unspecified atom stereocenters. The lowest BCUT2D eigenvalue weighted by Crippen LogP contribution is -2.24. The lowest BCUT2D eigenvalue weighted by atomic mass is 9.88. The van der Waals surface area contributed by atoms with Gasteiger partial charge in [-0.1, -0.05) is 42.5 Å². The van der Waals surface area contributed by atoms with E-state index in [0.29, 0.717) is 5.69 Å². The van der Waals surface area contributed by atoms with Gasteiger partial charge in [0.1, 0.15) is 11.4 Å². The third-order valence-electron chi connectivity index (χ3n) is 3.54. The van der Waals surface area contributed by atoms with Gasteiger partial charge < -0.3 is 5.11 Å². The van der Waals surface area contributed by atoms with Gasteiger partial charge in [-0.15, -0.1) is 0 Å². The Hall–Kier alpha value is -2.26. The topological polar surface area (TPSA) is 33.1 Å². The van der Waals surface area contributed by atoms with Crippen molar-refractivity contribution in [1.82, 2.24) is 4.98 Å². The molecule has 0 spiro atoms. The predicted octanol–water partition coefficient (Wildman–Crippen LogP) is 3.63. The van der Waals surface area contributed by atoms with E-state index in [0.717, 1.165) is 22.5 Å². The second-order valence-electron chi connectivity index (χ2n) is 4.96. The molecule has 0 saturated carbocycles. The van der Waals surface area contributed by atoms with Gasteiger partial charge in [0.25, 0.3) is 0 Å². The van der Waals surface area contributed by atoms with Crippen molar-refractivity contribution in [3.05, 3.63) is 77.9 Å². The normalized spacial score (nSPS) is 14.2. The van der Waals surface area contributed by atoms with Crippen molar-refractivity contribution < 1.29 is 9.50 Å². The maximum atomic E-state index is 13.0. The second kappa shape index (κ2) is 4.69. The van der Waals surface area contributed by atoms with Crippen LogP contribution in [0.3, 0.4) is 0 Å². The van der Waals surface area contributed by atoms with E-state index in [1.54, 1.807) is 6.92 Å². The molecule has 2 aromatic carbocycles. The van der Waals surface area contributed by atoms with Crippen LogP contribution < -0.4 is 0 Å². The Bertz CT molecular complexity index is 745. The number of benzene rings is 2. The van der Waals surface area contributed by atoms with Gasteiger partial charge in [0.15, 0.2) is 0 Å². The van der Waals surface area contributed by atoms with E-state index in [2.05, 4.69) is 4.98 Å². The minimum atomic E-state index is -1.27. The minimum Gasteiger partial charge on any atom is -0.379 e. The number of hydrogen-bond donors (Lipinski definition) is 1. The zero-order valence-electron chi connectivity index (χ0n) is 11.0. The molecule has 0 bridgehead atoms. The molecule has 0 aliphatic carbocycles. The molecule has 0 amide bonds. The number of pyridine rings is 1. The molecule has 3 aromatic rings. The molecule has 0 aliphatic rings. The van der Waals surface area contributed by atoms with Crippen LogP contribution in [0.4, 0.5) is 4.39 Å². The van der Waals surface area contributed by atoms with Gasteiger partial charge in [0.05, 0.1) is 11.9 Å². The Morgan fingerprint density at radius 2 is 1.75 bits per heavy atom. The zero-order chi connectivity index (χ0) is 14.2. The summed E-state index contributed by atoms with van der Waals surface area (Å²) in [5.41, 5.74) is -0.0841. The third kappa shape index (κ3) is 2.06. The molecule has 1 heterocycles. The van der Waals surface area contributed by atoms with Crippen molar-refractivity contribution in [1.29, 1.82) is 0 Å². The number of nitrogens with zero attached hydrogens (tertiary/aromatic N) is 1. The first-order valence-electron chi connectivity index (χ1n) is 6.42. The highest BCUT2D eigenvalue weighted by molar-refractivity contribution is 5.86. The van der Waals surface area contributed by atoms with Crippen LogP contribution in [0.1, 0.15) is 18.2 Å². The molecule has 0 saturated heterocycles. The zero-order valence-corrected chi connectivity index (χ0v) is 11.0. The summed E-state index contributed by atoms with van der Waals surface area (Å²) in [4.78, 5) is 4.01. The quantitative estimate of drug-likeness (QED) is 0.769. The van der Waals surface area contributed by atoms with E-state index >= 15 is 0 Å². The molecule has 2 nitrogen and oxygen atoms in total. The fourth-order valence-corrected chi connectivity index (χ4v) is 2.45. The highest BCUT2D eigenvalue weighted by Crippen LogP contribution is 2.33. The van der Waals surface area contributed by atoms with Crippen LogP contribution in [-0.4, -0.2) is 10.1 Å². The van der Waals surface area contributed by atoms with Gasteiger partial charge in [-0.3, -0.25) is 4.98 Å². The van der Waals surface area contributed by atoms with Gasteiger partial charge >= 0.3 is 0 Å². The molecule has 1 aromatic heterocycles. The Morgan fingerprint density at radius 3 is 2.50 bits per heavy atom. The third-order valence-corrected chi connectivity index (χ3v) is 3.54. The van der Waals surface area contributed by atoms with Crippen molar-refractivity contribution in [3.63, 3.8) is 0 Å². The van der Waals surface area contributed by atoms with E-state index in [-0.39, 0.29) is 0 Å². The average molecular weight is 267 g/mol. The molecule has 1 atom stereocenters. The number of fused-ring (bicyclic) bond motifs is 1. The van der Waals surface area contributed by atoms with Crippen LogP contribution in [0, 0.1) is 5.82 Å². The van der Waals surface area contributed by atoms with E-state index in [9.17, 15) is 9.50 Å². The smallest absolute Gasteiger partial charge is 0.141 e. The summed E-state index contributed by atoms with van der Waals surface area (Å²) in [6.07, 6.45) is 1.12. The monoisotopic (exact) mass is 267 g/mol. The molecular weight excluding hydrogens is 253 g/mol. The molecule has 0 radical (unpaired) electrons. The maximum Gasteiger partial charge on any atom is 0.141 e. The van der Waals surface area contributed by atoms with Crippen molar-refractivity contribution in [3.8, 4) is 0 Å². The van der Waals surface area contributed by atoms with Crippen LogP contribution in [0.15, 0.2) is 60.8 Å². The first kappa shape index (κ1) is 12.8. The highest BCUT2D eigenvalue weighted by atomic mass is 19.1. The number of aromatic nitrogens is 1. The standard InChI is InChI=1S/C17H14FNO/c1-17(20,16-10-9-13(18)11-19-16)15-8-4-6-12-5-2-3-7-14(12)15/h2-11,20H,1H3. The van der Waals surface area contributed by atoms with E-state index < -0.39 is 11.4 Å². The molecular formula is C17H14FNO. The molecule has 1 N–H and O–H groups in total. The molecule has 0 fully saturated rings. The molecule has 0 aliphatic heterocycles. The van der Waals surface area contributed by atoms with Crippen molar-refractivity contribution in [2.75, 3.05) is 0 Å².